The Morgan fingerprint density at radius 2 is 2.11 bits per heavy atom. The van der Waals surface area contributed by atoms with Gasteiger partial charge in [0.05, 0.1) is 0 Å². The number of hydrogen-bond donors (Lipinski definition) is 1. The van der Waals surface area contributed by atoms with Crippen molar-refractivity contribution in [1.82, 2.24) is 15.1 Å². The number of rotatable bonds is 6. The van der Waals surface area contributed by atoms with E-state index in [4.69, 9.17) is 0 Å². The molecule has 0 saturated carbocycles. The Labute approximate surface area is 119 Å². The summed E-state index contributed by atoms with van der Waals surface area (Å²) in [5.41, 5.74) is 0.429. The minimum atomic E-state index is 0.429. The molecule has 2 heterocycles. The van der Waals surface area contributed by atoms with Gasteiger partial charge in [-0.3, -0.25) is 9.80 Å². The van der Waals surface area contributed by atoms with Gasteiger partial charge in [0.1, 0.15) is 0 Å². The van der Waals surface area contributed by atoms with Crippen molar-refractivity contribution in [3.63, 3.8) is 0 Å². The van der Waals surface area contributed by atoms with Gasteiger partial charge >= 0.3 is 0 Å². The van der Waals surface area contributed by atoms with Crippen molar-refractivity contribution in [2.75, 3.05) is 39.8 Å². The number of fused-ring (bicyclic) bond motifs is 1. The second-order valence-electron chi connectivity index (χ2n) is 7.16. The maximum absolute atomic E-state index is 3.41. The molecule has 2 aliphatic rings. The van der Waals surface area contributed by atoms with Crippen LogP contribution < -0.4 is 5.32 Å². The maximum Gasteiger partial charge on any atom is 0.0224 e. The highest BCUT2D eigenvalue weighted by Crippen LogP contribution is 2.29. The first-order valence-electron chi connectivity index (χ1n) is 8.20. The van der Waals surface area contributed by atoms with Gasteiger partial charge in [-0.2, -0.15) is 0 Å². The van der Waals surface area contributed by atoms with E-state index in [9.17, 15) is 0 Å². The highest BCUT2D eigenvalue weighted by atomic mass is 15.3. The molecule has 2 rings (SSSR count). The van der Waals surface area contributed by atoms with Crippen LogP contribution in [0.2, 0.25) is 0 Å². The summed E-state index contributed by atoms with van der Waals surface area (Å²) in [7, 11) is 2.09. The first-order chi connectivity index (χ1) is 9.08. The van der Waals surface area contributed by atoms with Crippen LogP contribution in [0, 0.1) is 5.41 Å². The van der Waals surface area contributed by atoms with Crippen molar-refractivity contribution in [1.29, 1.82) is 0 Å². The molecule has 2 fully saturated rings. The minimum absolute atomic E-state index is 0.429. The molecule has 0 radical (unpaired) electrons. The van der Waals surface area contributed by atoms with E-state index in [0.29, 0.717) is 5.41 Å². The number of piperazine rings is 1. The summed E-state index contributed by atoms with van der Waals surface area (Å²) in [5.74, 6) is 0. The zero-order chi connectivity index (χ0) is 13.9. The third-order valence-corrected chi connectivity index (χ3v) is 5.11. The SMILES string of the molecule is CCCC(C)(CNC)CN1CC2CCCN2CC1C. The molecule has 2 saturated heterocycles. The molecule has 0 aromatic rings. The number of nitrogens with zero attached hydrogens (tertiary/aromatic N) is 2. The van der Waals surface area contributed by atoms with Gasteiger partial charge in [0.2, 0.25) is 0 Å². The first-order valence-corrected chi connectivity index (χ1v) is 8.20. The van der Waals surface area contributed by atoms with Gasteiger partial charge in [-0.25, -0.2) is 0 Å². The fraction of sp³-hybridized carbons (Fsp3) is 1.00. The third kappa shape index (κ3) is 3.71. The van der Waals surface area contributed by atoms with Crippen molar-refractivity contribution in [2.45, 2.75) is 58.5 Å². The predicted molar refractivity (Wildman–Crippen MR) is 82.6 cm³/mol. The summed E-state index contributed by atoms with van der Waals surface area (Å²) in [6.07, 6.45) is 5.44. The average Bonchev–Trinajstić information content (AvgIpc) is 2.77. The van der Waals surface area contributed by atoms with Crippen LogP contribution >= 0.6 is 0 Å². The molecule has 3 nitrogen and oxygen atoms in total. The second kappa shape index (κ2) is 6.55. The first kappa shape index (κ1) is 15.3. The molecule has 0 bridgehead atoms. The lowest BCUT2D eigenvalue weighted by atomic mass is 9.84. The Morgan fingerprint density at radius 1 is 1.32 bits per heavy atom. The van der Waals surface area contributed by atoms with Crippen LogP contribution in [0.3, 0.4) is 0 Å². The van der Waals surface area contributed by atoms with Gasteiger partial charge in [-0.05, 0) is 45.2 Å². The van der Waals surface area contributed by atoms with Crippen LogP contribution in [0.15, 0.2) is 0 Å². The van der Waals surface area contributed by atoms with Crippen molar-refractivity contribution in [3.8, 4) is 0 Å². The molecule has 1 N–H and O–H groups in total. The molecule has 0 aromatic heterocycles. The van der Waals surface area contributed by atoms with E-state index < -0.39 is 0 Å². The van der Waals surface area contributed by atoms with Crippen LogP contribution in [0.4, 0.5) is 0 Å². The summed E-state index contributed by atoms with van der Waals surface area (Å²) in [4.78, 5) is 5.48. The smallest absolute Gasteiger partial charge is 0.0224 e. The van der Waals surface area contributed by atoms with Crippen LogP contribution in [0.5, 0.6) is 0 Å². The second-order valence-corrected chi connectivity index (χ2v) is 7.16. The molecule has 3 heteroatoms. The van der Waals surface area contributed by atoms with E-state index in [1.807, 2.05) is 0 Å². The fourth-order valence-corrected chi connectivity index (χ4v) is 4.21. The summed E-state index contributed by atoms with van der Waals surface area (Å²) in [5, 5.41) is 3.41. The van der Waals surface area contributed by atoms with E-state index in [1.165, 1.54) is 51.9 Å². The topological polar surface area (TPSA) is 18.5 Å². The van der Waals surface area contributed by atoms with E-state index >= 15 is 0 Å². The molecule has 2 aliphatic heterocycles. The minimum Gasteiger partial charge on any atom is -0.319 e. The van der Waals surface area contributed by atoms with Gasteiger partial charge in [0.15, 0.2) is 0 Å². The average molecular weight is 267 g/mol. The maximum atomic E-state index is 3.41. The monoisotopic (exact) mass is 267 g/mol. The van der Waals surface area contributed by atoms with E-state index in [-0.39, 0.29) is 0 Å². The zero-order valence-electron chi connectivity index (χ0n) is 13.4. The van der Waals surface area contributed by atoms with Gasteiger partial charge in [0, 0.05) is 38.3 Å². The van der Waals surface area contributed by atoms with Crippen molar-refractivity contribution < 1.29 is 0 Å². The van der Waals surface area contributed by atoms with Gasteiger partial charge < -0.3 is 5.32 Å². The zero-order valence-corrected chi connectivity index (χ0v) is 13.4. The van der Waals surface area contributed by atoms with Crippen LogP contribution in [-0.4, -0.2) is 61.7 Å². The summed E-state index contributed by atoms with van der Waals surface area (Å²) < 4.78 is 0. The Bertz CT molecular complexity index is 273. The molecule has 0 spiro atoms. The normalized spacial score (nSPS) is 32.2. The van der Waals surface area contributed by atoms with E-state index in [0.717, 1.165) is 18.6 Å². The molecule has 3 unspecified atom stereocenters. The quantitative estimate of drug-likeness (QED) is 0.796. The summed E-state index contributed by atoms with van der Waals surface area (Å²) in [6, 6.07) is 1.57. The largest absolute Gasteiger partial charge is 0.319 e. The highest BCUT2D eigenvalue weighted by molar-refractivity contribution is 4.93. The van der Waals surface area contributed by atoms with Crippen LogP contribution in [0.1, 0.15) is 46.5 Å². The fourth-order valence-electron chi connectivity index (χ4n) is 4.21. The summed E-state index contributed by atoms with van der Waals surface area (Å²) >= 11 is 0. The van der Waals surface area contributed by atoms with Gasteiger partial charge in [-0.15, -0.1) is 0 Å². The molecule has 0 aliphatic carbocycles. The third-order valence-electron chi connectivity index (χ3n) is 5.11. The van der Waals surface area contributed by atoms with Crippen LogP contribution in [-0.2, 0) is 0 Å². The number of hydrogen-bond acceptors (Lipinski definition) is 3. The van der Waals surface area contributed by atoms with Crippen molar-refractivity contribution in [2.24, 2.45) is 5.41 Å². The number of nitrogens with one attached hydrogen (secondary N) is 1. The van der Waals surface area contributed by atoms with Gasteiger partial charge in [-0.1, -0.05) is 20.3 Å². The lowest BCUT2D eigenvalue weighted by Crippen LogP contribution is -2.57. The molecule has 19 heavy (non-hydrogen) atoms. The highest BCUT2D eigenvalue weighted by Gasteiger charge is 2.37. The predicted octanol–water partition coefficient (Wildman–Crippen LogP) is 2.18. The molecule has 3 atom stereocenters. The standard InChI is InChI=1S/C16H33N3/c1-5-8-16(3,12-17-4)13-19-11-15-7-6-9-18(15)10-14(19)2/h14-15,17H,5-13H2,1-4H3. The van der Waals surface area contributed by atoms with E-state index in [2.05, 4.69) is 42.9 Å². The van der Waals surface area contributed by atoms with Crippen molar-refractivity contribution >= 4 is 0 Å². The van der Waals surface area contributed by atoms with E-state index in [1.54, 1.807) is 0 Å². The molecular formula is C16H33N3. The molecular weight excluding hydrogens is 234 g/mol. The Morgan fingerprint density at radius 3 is 2.79 bits per heavy atom. The van der Waals surface area contributed by atoms with Gasteiger partial charge in [0.25, 0.3) is 0 Å². The molecule has 0 aromatic carbocycles. The lowest BCUT2D eigenvalue weighted by Gasteiger charge is -2.46. The Balaban J connectivity index is 1.95. The molecule has 0 amide bonds. The Hall–Kier alpha value is -0.120. The summed E-state index contributed by atoms with van der Waals surface area (Å²) in [6.45, 7) is 13.5. The lowest BCUT2D eigenvalue weighted by molar-refractivity contribution is 0.0275. The molecule has 112 valence electrons. The van der Waals surface area contributed by atoms with Crippen molar-refractivity contribution in [3.05, 3.63) is 0 Å². The van der Waals surface area contributed by atoms with Crippen LogP contribution in [0.25, 0.3) is 0 Å². The Kier molecular flexibility index (Phi) is 5.27.